The number of imidazole rings is 1. The molecule has 0 aliphatic heterocycles. The molecular weight excluding hydrogens is 954 g/mol. The minimum atomic E-state index is -1.93. The number of nitrogens with zero attached hydrogens (tertiary/aromatic N) is 3. The quantitative estimate of drug-likeness (QED) is 0.118. The summed E-state index contributed by atoms with van der Waals surface area (Å²) >= 11 is -1.93. The molecule has 6 aromatic carbocycles. The summed E-state index contributed by atoms with van der Waals surface area (Å²) in [5.41, 5.74) is 13.7. The molecule has 9 rings (SSSR count). The van der Waals surface area contributed by atoms with Gasteiger partial charge in [0.05, 0.1) is 22.4 Å². The van der Waals surface area contributed by atoms with Crippen LogP contribution in [0, 0.1) is 37.7 Å². The van der Waals surface area contributed by atoms with Crippen LogP contribution < -0.4 is 4.40 Å². The Hall–Kier alpha value is -5.14. The van der Waals surface area contributed by atoms with Gasteiger partial charge in [-0.15, -0.1) is 18.2 Å². The molecular formula is C51H46FGeIrN3O-2. The molecule has 9 aromatic rings. The Kier molecular flexibility index (Phi) is 12.0. The van der Waals surface area contributed by atoms with Crippen LogP contribution in [0.2, 0.25) is 17.3 Å². The van der Waals surface area contributed by atoms with Gasteiger partial charge in [-0.3, -0.25) is 4.98 Å². The number of hydrogen-bond donors (Lipinski definition) is 0. The van der Waals surface area contributed by atoms with Crippen molar-refractivity contribution >= 4 is 50.6 Å². The second-order valence-corrected chi connectivity index (χ2v) is 26.8. The van der Waals surface area contributed by atoms with E-state index in [9.17, 15) is 4.39 Å². The third kappa shape index (κ3) is 8.24. The topological polar surface area (TPSA) is 43.9 Å². The molecule has 58 heavy (non-hydrogen) atoms. The van der Waals surface area contributed by atoms with Crippen molar-refractivity contribution in [1.82, 2.24) is 14.5 Å². The fourth-order valence-corrected chi connectivity index (χ4v) is 11.2. The maximum absolute atomic E-state index is 13.0. The summed E-state index contributed by atoms with van der Waals surface area (Å²) in [5.74, 6) is 8.35. The third-order valence-corrected chi connectivity index (χ3v) is 14.8. The van der Waals surface area contributed by atoms with E-state index in [2.05, 4.69) is 146 Å². The maximum Gasteiger partial charge on any atom is 0.121 e. The van der Waals surface area contributed by atoms with Crippen LogP contribution in [0.3, 0.4) is 0 Å². The molecule has 1 radical (unpaired) electrons. The van der Waals surface area contributed by atoms with Crippen LogP contribution in [0.1, 0.15) is 30.5 Å². The zero-order chi connectivity index (χ0) is 39.8. The Balaban J connectivity index is 0.000000200. The summed E-state index contributed by atoms with van der Waals surface area (Å²) in [6.07, 6.45) is 3.11. The third-order valence-electron chi connectivity index (χ3n) is 10.5. The number of fused-ring (bicyclic) bond motifs is 4. The van der Waals surface area contributed by atoms with Crippen molar-refractivity contribution in [1.29, 1.82) is 0 Å². The van der Waals surface area contributed by atoms with E-state index in [0.29, 0.717) is 5.92 Å². The summed E-state index contributed by atoms with van der Waals surface area (Å²) < 4.78 is 23.3. The number of benzene rings is 6. The molecule has 0 amide bonds. The van der Waals surface area contributed by atoms with Crippen molar-refractivity contribution in [2.75, 3.05) is 0 Å². The molecule has 7 heteroatoms. The normalized spacial score (nSPS) is 11.5. The Morgan fingerprint density at radius 3 is 2.24 bits per heavy atom. The van der Waals surface area contributed by atoms with Crippen molar-refractivity contribution < 1.29 is 28.9 Å². The number of aromatic nitrogens is 3. The van der Waals surface area contributed by atoms with Crippen molar-refractivity contribution in [2.45, 2.75) is 51.4 Å². The van der Waals surface area contributed by atoms with E-state index in [1.807, 2.05) is 36.5 Å². The molecule has 0 atom stereocenters. The zero-order valence-electron chi connectivity index (χ0n) is 33.9. The molecule has 0 bridgehead atoms. The first-order chi connectivity index (χ1) is 27.5. The van der Waals surface area contributed by atoms with Gasteiger partial charge in [-0.2, -0.15) is 0 Å². The summed E-state index contributed by atoms with van der Waals surface area (Å²) in [5, 5.41) is 2.16. The van der Waals surface area contributed by atoms with E-state index in [0.717, 1.165) is 67.7 Å². The van der Waals surface area contributed by atoms with E-state index in [1.165, 1.54) is 44.3 Å². The van der Waals surface area contributed by atoms with E-state index in [-0.39, 0.29) is 25.9 Å². The van der Waals surface area contributed by atoms with Gasteiger partial charge >= 0.3 is 130 Å². The standard InChI is InChI=1S/C33H23N2O.C18H23FGeN.Ir/c1-21-10-8-11-22(2)31(21)23-18-19-25-26-14-9-15-27(32(26)36-30(25)20-23)33-34-28-16-6-7-17-29(28)35(33)24-12-4-3-5-13-24;1-13(2)10-15-11-18(14-6-8-16(19)9-7-14)21-12-17(15)20(3,4)5;/h3-14,16-20H,1-2H3;6,8-9,11-13H,10H2,1-5H3;/q2*-1;. The number of halogens is 1. The second-order valence-electron chi connectivity index (χ2n) is 16.3. The maximum atomic E-state index is 13.0. The van der Waals surface area contributed by atoms with Gasteiger partial charge in [-0.05, 0) is 66.4 Å². The Morgan fingerprint density at radius 2 is 1.53 bits per heavy atom. The minimum absolute atomic E-state index is 0. The number of pyridine rings is 1. The molecule has 0 saturated carbocycles. The molecule has 3 aromatic heterocycles. The predicted octanol–water partition coefficient (Wildman–Crippen LogP) is 13.1. The zero-order valence-corrected chi connectivity index (χ0v) is 38.4. The smallest absolute Gasteiger partial charge is 0.121 e. The van der Waals surface area contributed by atoms with Crippen LogP contribution in [-0.2, 0) is 26.5 Å². The van der Waals surface area contributed by atoms with Crippen molar-refractivity contribution in [3.63, 3.8) is 0 Å². The second kappa shape index (κ2) is 17.0. The molecule has 0 aliphatic rings. The van der Waals surface area contributed by atoms with Gasteiger partial charge in [0.2, 0.25) is 0 Å². The van der Waals surface area contributed by atoms with E-state index in [4.69, 9.17) is 9.40 Å². The average Bonchev–Trinajstić information content (AvgIpc) is 3.77. The molecule has 4 nitrogen and oxygen atoms in total. The first kappa shape index (κ1) is 41.0. The summed E-state index contributed by atoms with van der Waals surface area (Å²) in [6, 6.07) is 48.7. The van der Waals surface area contributed by atoms with E-state index < -0.39 is 13.3 Å². The molecule has 0 spiro atoms. The average molecular weight is 1000 g/mol. The largest absolute Gasteiger partial charge is 0.501 e. The molecule has 293 valence electrons. The Morgan fingerprint density at radius 1 is 0.793 bits per heavy atom. The SMILES string of the molecule is CC(C)Cc1cc(-c2[c-]cc(F)cc2)nc[c]1[Ge]([CH3])([CH3])[CH3].Cc1cccc(C)c1-c1ccc2c(c1)oc1c(-c3nc4ccccc4n3-c3ccccc3)[c-]ccc12.[Ir]. The molecule has 0 fully saturated rings. The fourth-order valence-electron chi connectivity index (χ4n) is 7.86. The van der Waals surface area contributed by atoms with Gasteiger partial charge in [0.25, 0.3) is 0 Å². The molecule has 3 heterocycles. The Labute approximate surface area is 356 Å². The number of hydrogen-bond acceptors (Lipinski definition) is 3. The predicted molar refractivity (Wildman–Crippen MR) is 238 cm³/mol. The Bertz CT molecular complexity index is 2850. The van der Waals surface area contributed by atoms with Gasteiger partial charge in [0, 0.05) is 31.2 Å². The van der Waals surface area contributed by atoms with Gasteiger partial charge in [0.1, 0.15) is 5.58 Å². The van der Waals surface area contributed by atoms with E-state index >= 15 is 0 Å². The van der Waals surface area contributed by atoms with Crippen LogP contribution in [0.25, 0.3) is 72.4 Å². The van der Waals surface area contributed by atoms with Crippen LogP contribution >= 0.6 is 0 Å². The van der Waals surface area contributed by atoms with Gasteiger partial charge < -0.3 is 8.98 Å². The summed E-state index contributed by atoms with van der Waals surface area (Å²) in [4.78, 5) is 9.65. The van der Waals surface area contributed by atoms with Gasteiger partial charge in [-0.1, -0.05) is 71.6 Å². The van der Waals surface area contributed by atoms with Crippen molar-refractivity contribution in [3.8, 4) is 39.5 Å². The number of aryl methyl sites for hydroxylation is 2. The molecule has 0 aliphatic carbocycles. The molecule has 0 saturated heterocycles. The first-order valence-corrected chi connectivity index (χ1v) is 26.9. The fraction of sp³-hybridized carbons (Fsp3) is 0.176. The van der Waals surface area contributed by atoms with Crippen molar-refractivity contribution in [2.24, 2.45) is 5.92 Å². The number of furan rings is 1. The van der Waals surface area contributed by atoms with E-state index in [1.54, 1.807) is 6.07 Å². The van der Waals surface area contributed by atoms with Gasteiger partial charge in [-0.25, -0.2) is 0 Å². The monoisotopic (exact) mass is 1000 g/mol. The number of rotatable bonds is 7. The minimum Gasteiger partial charge on any atom is -0.501 e. The van der Waals surface area contributed by atoms with Crippen LogP contribution in [0.5, 0.6) is 0 Å². The van der Waals surface area contributed by atoms with Crippen LogP contribution in [0.4, 0.5) is 4.39 Å². The van der Waals surface area contributed by atoms with Crippen molar-refractivity contribution in [3.05, 3.63) is 168 Å². The summed E-state index contributed by atoms with van der Waals surface area (Å²) in [6.45, 7) is 8.80. The molecule has 0 N–H and O–H groups in total. The molecule has 0 unspecified atom stereocenters. The van der Waals surface area contributed by atoms with Crippen LogP contribution in [0.15, 0.2) is 138 Å². The van der Waals surface area contributed by atoms with Gasteiger partial charge in [0.15, 0.2) is 0 Å². The number of para-hydroxylation sites is 3. The summed E-state index contributed by atoms with van der Waals surface area (Å²) in [7, 11) is 0. The first-order valence-electron chi connectivity index (χ1n) is 19.6. The van der Waals surface area contributed by atoms with Crippen LogP contribution in [-0.4, -0.2) is 27.8 Å².